The number of allylic oxidation sites excluding steroid dienone is 4. The van der Waals surface area contributed by atoms with Gasteiger partial charge >= 0.3 is 0 Å². The van der Waals surface area contributed by atoms with Gasteiger partial charge in [0.1, 0.15) is 11.8 Å². The van der Waals surface area contributed by atoms with Crippen LogP contribution < -0.4 is 0 Å². The first-order chi connectivity index (χ1) is 12.9. The molecule has 6 nitrogen and oxygen atoms in total. The fraction of sp³-hybridized carbons (Fsp3) is 0.474. The molecule has 3 aliphatic rings. The lowest BCUT2D eigenvalue weighted by molar-refractivity contribution is -0.135. The molecular weight excluding hydrogens is 375 g/mol. The molecule has 143 valence electrons. The van der Waals surface area contributed by atoms with Crippen LogP contribution in [0.15, 0.2) is 38.7 Å². The number of amides is 2. The van der Waals surface area contributed by atoms with Crippen molar-refractivity contribution in [2.24, 2.45) is 5.16 Å². The highest BCUT2D eigenvalue weighted by Gasteiger charge is 2.45. The molecule has 0 aromatic rings. The van der Waals surface area contributed by atoms with E-state index >= 15 is 4.39 Å². The maximum absolute atomic E-state index is 15.2. The van der Waals surface area contributed by atoms with Gasteiger partial charge in [-0.25, -0.2) is 9.29 Å². The maximum Gasteiger partial charge on any atom is 0.261 e. The lowest BCUT2D eigenvalue weighted by Crippen LogP contribution is -2.39. The summed E-state index contributed by atoms with van der Waals surface area (Å²) >= 11 is 6.06. The normalized spacial score (nSPS) is 25.8. The minimum absolute atomic E-state index is 0.183. The number of hydrogen-bond acceptors (Lipinski definition) is 5. The van der Waals surface area contributed by atoms with Gasteiger partial charge in [0.2, 0.25) is 6.29 Å². The first-order valence-corrected chi connectivity index (χ1v) is 9.26. The Bertz CT molecular complexity index is 800. The quantitative estimate of drug-likeness (QED) is 0.530. The third-order valence-electron chi connectivity index (χ3n) is 4.92. The molecular formula is C19H19ClFN2O4. The van der Waals surface area contributed by atoms with E-state index in [1.54, 1.807) is 13.2 Å². The number of rotatable bonds is 5. The van der Waals surface area contributed by atoms with Crippen LogP contribution in [0.25, 0.3) is 0 Å². The van der Waals surface area contributed by atoms with Gasteiger partial charge in [-0.15, -0.1) is 0 Å². The molecule has 0 fully saturated rings. The molecule has 2 amide bonds. The zero-order valence-corrected chi connectivity index (χ0v) is 15.8. The largest absolute Gasteiger partial charge is 0.392 e. The highest BCUT2D eigenvalue weighted by atomic mass is 35.5. The number of alkyl halides is 1. The summed E-state index contributed by atoms with van der Waals surface area (Å²) in [6, 6.07) is 0. The second-order valence-corrected chi connectivity index (χ2v) is 7.05. The van der Waals surface area contributed by atoms with E-state index in [1.165, 1.54) is 0 Å². The van der Waals surface area contributed by atoms with E-state index in [0.717, 1.165) is 23.8 Å². The third kappa shape index (κ3) is 3.36. The van der Waals surface area contributed by atoms with Crippen molar-refractivity contribution in [3.63, 3.8) is 0 Å². The van der Waals surface area contributed by atoms with Crippen LogP contribution in [0.5, 0.6) is 0 Å². The predicted octanol–water partition coefficient (Wildman–Crippen LogP) is 3.24. The summed E-state index contributed by atoms with van der Waals surface area (Å²) < 4.78 is 15.2. The number of carbonyl (C=O) groups is 2. The molecule has 1 heterocycles. The average Bonchev–Trinajstić information content (AvgIpc) is 2.93. The highest BCUT2D eigenvalue weighted by molar-refractivity contribution is 6.46. The van der Waals surface area contributed by atoms with E-state index in [2.05, 4.69) is 5.16 Å². The lowest BCUT2D eigenvalue weighted by Gasteiger charge is -2.26. The Kier molecular flexibility index (Phi) is 5.60. The molecule has 0 saturated heterocycles. The highest BCUT2D eigenvalue weighted by Crippen LogP contribution is 2.38. The Morgan fingerprint density at radius 3 is 2.44 bits per heavy atom. The third-order valence-corrected chi connectivity index (χ3v) is 5.31. The maximum atomic E-state index is 15.2. The van der Waals surface area contributed by atoms with Gasteiger partial charge in [-0.05, 0) is 45.1 Å². The summed E-state index contributed by atoms with van der Waals surface area (Å²) in [6.07, 6.45) is 3.63. The summed E-state index contributed by atoms with van der Waals surface area (Å²) in [6.45, 7) is 3.61. The van der Waals surface area contributed by atoms with Crippen LogP contribution in [0, 0.1) is 0 Å². The Morgan fingerprint density at radius 2 is 1.93 bits per heavy atom. The predicted molar refractivity (Wildman–Crippen MR) is 97.2 cm³/mol. The van der Waals surface area contributed by atoms with Gasteiger partial charge in [-0.1, -0.05) is 23.7 Å². The van der Waals surface area contributed by atoms with Crippen molar-refractivity contribution in [2.75, 3.05) is 0 Å². The monoisotopic (exact) mass is 393 g/mol. The van der Waals surface area contributed by atoms with Crippen LogP contribution in [-0.2, 0) is 19.2 Å². The van der Waals surface area contributed by atoms with Gasteiger partial charge in [0, 0.05) is 16.7 Å². The molecule has 0 saturated carbocycles. The lowest BCUT2D eigenvalue weighted by atomic mass is 9.93. The zero-order valence-electron chi connectivity index (χ0n) is 15.1. The minimum Gasteiger partial charge on any atom is -0.392 e. The van der Waals surface area contributed by atoms with E-state index < -0.39 is 18.0 Å². The molecule has 2 atom stereocenters. The van der Waals surface area contributed by atoms with E-state index in [-0.39, 0.29) is 28.1 Å². The molecule has 0 aromatic carbocycles. The first kappa shape index (κ1) is 19.5. The topological polar surface area (TPSA) is 76.0 Å². The number of imide groups is 1. The van der Waals surface area contributed by atoms with Gasteiger partial charge in [0.25, 0.3) is 11.8 Å². The summed E-state index contributed by atoms with van der Waals surface area (Å²) in [5.41, 5.74) is 0.0291. The van der Waals surface area contributed by atoms with Gasteiger partial charge in [0.15, 0.2) is 6.17 Å². The molecule has 1 aliphatic heterocycles. The number of nitrogens with zero attached hydrogens (tertiary/aromatic N) is 2. The number of halogens is 2. The average molecular weight is 394 g/mol. The van der Waals surface area contributed by atoms with Gasteiger partial charge in [-0.2, -0.15) is 0 Å². The molecule has 0 spiro atoms. The van der Waals surface area contributed by atoms with Crippen LogP contribution >= 0.6 is 11.6 Å². The standard InChI is InChI=1S/C19H19ClFN2O4/c1-3-10(2)27-22-17-15(20)11(9-24)8-14(16(17)21)23-18(25)12-6-4-5-7-13(12)19(23)26/h8,10,16H,3-7H2,1-2H3. The summed E-state index contributed by atoms with van der Waals surface area (Å²) in [4.78, 5) is 42.7. The fourth-order valence-electron chi connectivity index (χ4n) is 3.21. The SMILES string of the molecule is CCC(C)ON=C1C(Cl)=C([C]=O)C=C(N2C(=O)C3=C(CCCC3)C2=O)C1F. The Balaban J connectivity index is 1.99. The fourth-order valence-corrected chi connectivity index (χ4v) is 3.43. The molecule has 8 heteroatoms. The smallest absolute Gasteiger partial charge is 0.261 e. The zero-order chi connectivity index (χ0) is 19.7. The minimum atomic E-state index is -1.98. The van der Waals surface area contributed by atoms with Crippen LogP contribution in [0.3, 0.4) is 0 Å². The molecule has 2 aliphatic carbocycles. The molecule has 0 N–H and O–H groups in total. The van der Waals surface area contributed by atoms with Gasteiger partial charge in [-0.3, -0.25) is 14.4 Å². The molecule has 0 bridgehead atoms. The van der Waals surface area contributed by atoms with Gasteiger partial charge < -0.3 is 4.84 Å². The van der Waals surface area contributed by atoms with Crippen molar-refractivity contribution in [3.05, 3.63) is 33.5 Å². The second-order valence-electron chi connectivity index (χ2n) is 6.67. The molecule has 0 aromatic heterocycles. The van der Waals surface area contributed by atoms with E-state index in [9.17, 15) is 14.4 Å². The first-order valence-electron chi connectivity index (χ1n) is 8.89. The van der Waals surface area contributed by atoms with Crippen LogP contribution in [0.4, 0.5) is 4.39 Å². The molecule has 1 radical (unpaired) electrons. The Morgan fingerprint density at radius 1 is 1.33 bits per heavy atom. The van der Waals surface area contributed by atoms with Crippen molar-refractivity contribution in [1.29, 1.82) is 0 Å². The number of hydrogen-bond donors (Lipinski definition) is 0. The van der Waals surface area contributed by atoms with Crippen LogP contribution in [0.1, 0.15) is 46.0 Å². The van der Waals surface area contributed by atoms with Crippen molar-refractivity contribution in [1.82, 2.24) is 4.90 Å². The van der Waals surface area contributed by atoms with E-state index in [0.29, 0.717) is 30.4 Å². The molecule has 3 rings (SSSR count). The number of carbonyl (C=O) groups excluding carboxylic acids is 3. The second kappa shape index (κ2) is 7.76. The van der Waals surface area contributed by atoms with Gasteiger partial charge in [0.05, 0.1) is 10.7 Å². The van der Waals surface area contributed by atoms with Crippen molar-refractivity contribution < 1.29 is 23.6 Å². The van der Waals surface area contributed by atoms with Crippen molar-refractivity contribution in [2.45, 2.75) is 58.2 Å². The van der Waals surface area contributed by atoms with Crippen LogP contribution in [0.2, 0.25) is 0 Å². The van der Waals surface area contributed by atoms with Crippen LogP contribution in [-0.4, -0.2) is 41.0 Å². The van der Waals surface area contributed by atoms with Crippen molar-refractivity contribution in [3.8, 4) is 0 Å². The van der Waals surface area contributed by atoms with E-state index in [4.69, 9.17) is 16.4 Å². The summed E-state index contributed by atoms with van der Waals surface area (Å²) in [7, 11) is 0. The summed E-state index contributed by atoms with van der Waals surface area (Å²) in [5, 5.41) is 3.50. The number of oxime groups is 1. The Hall–Kier alpha value is -2.28. The molecule has 27 heavy (non-hydrogen) atoms. The van der Waals surface area contributed by atoms with E-state index in [1.807, 2.05) is 6.92 Å². The Labute approximate surface area is 161 Å². The molecule has 2 unspecified atom stereocenters. The van der Waals surface area contributed by atoms with Crippen molar-refractivity contribution >= 4 is 35.4 Å². The summed E-state index contributed by atoms with van der Waals surface area (Å²) in [5.74, 6) is -1.09.